The van der Waals surface area contributed by atoms with E-state index in [-0.39, 0.29) is 17.1 Å². The van der Waals surface area contributed by atoms with Gasteiger partial charge in [-0.1, -0.05) is 18.8 Å². The summed E-state index contributed by atoms with van der Waals surface area (Å²) in [7, 11) is 0. The fourth-order valence-corrected chi connectivity index (χ4v) is 0.508. The van der Waals surface area contributed by atoms with Crippen molar-refractivity contribution in [3.63, 3.8) is 0 Å². The van der Waals surface area contributed by atoms with Gasteiger partial charge in [0, 0.05) is 0 Å². The molecule has 0 aliphatic heterocycles. The summed E-state index contributed by atoms with van der Waals surface area (Å²) < 4.78 is 0. The fourth-order valence-electron chi connectivity index (χ4n) is 0.508. The average molecular weight is 162 g/mol. The maximum absolute atomic E-state index is 7.09. The molecule has 0 unspecified atom stereocenters. The minimum absolute atomic E-state index is 0. The van der Waals surface area contributed by atoms with Gasteiger partial charge in [0.2, 0.25) is 0 Å². The van der Waals surface area contributed by atoms with Gasteiger partial charge in [0.05, 0.1) is 0 Å². The van der Waals surface area contributed by atoms with Gasteiger partial charge in [-0.2, -0.15) is 12.1 Å². The van der Waals surface area contributed by atoms with E-state index in [0.29, 0.717) is 5.71 Å². The van der Waals surface area contributed by atoms with E-state index in [1.165, 1.54) is 0 Å². The third-order valence-corrected chi connectivity index (χ3v) is 0.914. The molecule has 0 amide bonds. The van der Waals surface area contributed by atoms with Gasteiger partial charge in [-0.3, -0.25) is 0 Å². The van der Waals surface area contributed by atoms with Gasteiger partial charge in [0.1, 0.15) is 0 Å². The van der Waals surface area contributed by atoms with Crippen LogP contribution >= 0.6 is 0 Å². The van der Waals surface area contributed by atoms with Crippen LogP contribution in [0.25, 0.3) is 0 Å². The summed E-state index contributed by atoms with van der Waals surface area (Å²) >= 11 is 0. The third-order valence-electron chi connectivity index (χ3n) is 0.914. The fraction of sp³-hybridized carbons (Fsp3) is 0.167. The van der Waals surface area contributed by atoms with Crippen LogP contribution < -0.4 is 0 Å². The molecule has 1 heterocycles. The Balaban J connectivity index is 0.000000640. The van der Waals surface area contributed by atoms with Gasteiger partial charge in [0.25, 0.3) is 0 Å². The first-order chi connectivity index (χ1) is 3.80. The van der Waals surface area contributed by atoms with Gasteiger partial charge < -0.3 is 10.4 Å². The summed E-state index contributed by atoms with van der Waals surface area (Å²) in [5.41, 5.74) is 1.29. The second-order valence-electron chi connectivity index (χ2n) is 1.62. The van der Waals surface area contributed by atoms with E-state index in [1.807, 2.05) is 0 Å². The smallest absolute Gasteiger partial charge is 0.432 e. The SMILES string of the molecule is CC(=N)c1[c-]cc[nH]1.[Mn+2]. The van der Waals surface area contributed by atoms with Crippen molar-refractivity contribution in [3.8, 4) is 0 Å². The molecule has 1 rings (SSSR count). The zero-order valence-electron chi connectivity index (χ0n) is 5.03. The number of hydrogen-bond donors (Lipinski definition) is 2. The molecule has 3 heteroatoms. The van der Waals surface area contributed by atoms with E-state index < -0.39 is 0 Å². The molecule has 0 aliphatic carbocycles. The van der Waals surface area contributed by atoms with Crippen LogP contribution in [0.3, 0.4) is 0 Å². The molecule has 1 radical (unpaired) electrons. The maximum Gasteiger partial charge on any atom is 2.00 e. The summed E-state index contributed by atoms with van der Waals surface area (Å²) in [5.74, 6) is 0. The Labute approximate surface area is 64.7 Å². The van der Waals surface area contributed by atoms with Gasteiger partial charge in [0.15, 0.2) is 0 Å². The van der Waals surface area contributed by atoms with E-state index >= 15 is 0 Å². The first-order valence-electron chi connectivity index (χ1n) is 2.41. The van der Waals surface area contributed by atoms with Crippen LogP contribution in [0.15, 0.2) is 12.3 Å². The minimum Gasteiger partial charge on any atom is -0.432 e. The number of H-pyrrole nitrogens is 1. The molecule has 0 saturated carbocycles. The Morgan fingerprint density at radius 3 is 2.67 bits per heavy atom. The van der Waals surface area contributed by atoms with Crippen LogP contribution in [0.4, 0.5) is 0 Å². The summed E-state index contributed by atoms with van der Waals surface area (Å²) in [6.07, 6.45) is 1.76. The third kappa shape index (κ3) is 2.04. The topological polar surface area (TPSA) is 39.6 Å². The van der Waals surface area contributed by atoms with Crippen LogP contribution in [0, 0.1) is 11.5 Å². The first kappa shape index (κ1) is 8.47. The molecule has 2 nitrogen and oxygen atoms in total. The molecule has 9 heavy (non-hydrogen) atoms. The molecule has 0 spiro atoms. The van der Waals surface area contributed by atoms with E-state index in [1.54, 1.807) is 19.2 Å². The van der Waals surface area contributed by atoms with Crippen LogP contribution in [-0.2, 0) is 17.1 Å². The van der Waals surface area contributed by atoms with E-state index in [4.69, 9.17) is 5.41 Å². The Bertz CT molecular complexity index is 179. The minimum atomic E-state index is 0. The number of aromatic nitrogens is 1. The summed E-state index contributed by atoms with van der Waals surface area (Å²) in [4.78, 5) is 2.86. The molecular weight excluding hydrogens is 155 g/mol. The largest absolute Gasteiger partial charge is 2.00 e. The zero-order valence-corrected chi connectivity index (χ0v) is 6.21. The van der Waals surface area contributed by atoms with Crippen LogP contribution in [0.5, 0.6) is 0 Å². The summed E-state index contributed by atoms with van der Waals surface area (Å²) in [6, 6.07) is 4.61. The number of rotatable bonds is 1. The van der Waals surface area contributed by atoms with Crippen molar-refractivity contribution in [3.05, 3.63) is 24.0 Å². The van der Waals surface area contributed by atoms with E-state index in [9.17, 15) is 0 Å². The second kappa shape index (κ2) is 3.49. The predicted molar refractivity (Wildman–Crippen MR) is 32.1 cm³/mol. The van der Waals surface area contributed by atoms with Crippen LogP contribution in [0.2, 0.25) is 0 Å². The number of hydrogen-bond acceptors (Lipinski definition) is 1. The first-order valence-corrected chi connectivity index (χ1v) is 2.41. The molecular formula is C6H7MnN2+. The number of nitrogens with one attached hydrogen (secondary N) is 2. The van der Waals surface area contributed by atoms with Crippen LogP contribution in [-0.4, -0.2) is 10.7 Å². The van der Waals surface area contributed by atoms with Crippen molar-refractivity contribution in [1.29, 1.82) is 5.41 Å². The summed E-state index contributed by atoms with van der Waals surface area (Å²) in [5, 5.41) is 7.09. The number of aromatic amines is 1. The van der Waals surface area contributed by atoms with Gasteiger partial charge in [-0.25, -0.2) is 0 Å². The predicted octanol–water partition coefficient (Wildman–Crippen LogP) is 1.20. The van der Waals surface area contributed by atoms with Gasteiger partial charge in [-0.05, 0) is 5.71 Å². The molecule has 0 bridgehead atoms. The van der Waals surface area contributed by atoms with E-state index in [2.05, 4.69) is 11.1 Å². The standard InChI is InChI=1S/C6H7N2.Mn/c1-5(7)6-3-2-4-8-6;/h2,4,7-8H,1H3;/q-1;+2. The molecule has 0 saturated heterocycles. The van der Waals surface area contributed by atoms with Crippen molar-refractivity contribution >= 4 is 5.71 Å². The van der Waals surface area contributed by atoms with E-state index in [0.717, 1.165) is 5.69 Å². The van der Waals surface area contributed by atoms with Crippen LogP contribution in [0.1, 0.15) is 12.6 Å². The Morgan fingerprint density at radius 1 is 1.78 bits per heavy atom. The molecule has 0 atom stereocenters. The zero-order chi connectivity index (χ0) is 5.98. The Kier molecular flexibility index (Phi) is 3.28. The molecule has 47 valence electrons. The second-order valence-corrected chi connectivity index (χ2v) is 1.62. The van der Waals surface area contributed by atoms with Crippen molar-refractivity contribution in [2.24, 2.45) is 0 Å². The molecule has 0 fully saturated rings. The summed E-state index contributed by atoms with van der Waals surface area (Å²) in [6.45, 7) is 1.72. The van der Waals surface area contributed by atoms with Gasteiger partial charge in [-0.15, -0.1) is 0 Å². The van der Waals surface area contributed by atoms with Crippen molar-refractivity contribution in [2.45, 2.75) is 6.92 Å². The van der Waals surface area contributed by atoms with Crippen molar-refractivity contribution in [2.75, 3.05) is 0 Å². The maximum atomic E-state index is 7.09. The quantitative estimate of drug-likeness (QED) is 0.354. The molecule has 0 aromatic carbocycles. The normalized spacial score (nSPS) is 8.11. The van der Waals surface area contributed by atoms with Crippen molar-refractivity contribution in [1.82, 2.24) is 4.98 Å². The monoisotopic (exact) mass is 162 g/mol. The molecule has 2 N–H and O–H groups in total. The average Bonchev–Trinajstić information content (AvgIpc) is 2.12. The van der Waals surface area contributed by atoms with Crippen molar-refractivity contribution < 1.29 is 17.1 Å². The molecule has 1 aromatic rings. The molecule has 0 aliphatic rings. The van der Waals surface area contributed by atoms with Gasteiger partial charge >= 0.3 is 17.1 Å². The Hall–Kier alpha value is -0.531. The molecule has 1 aromatic heterocycles. The Morgan fingerprint density at radius 2 is 2.44 bits per heavy atom.